The van der Waals surface area contributed by atoms with E-state index in [2.05, 4.69) is 26.1 Å². The Balaban J connectivity index is 1.75. The van der Waals surface area contributed by atoms with Crippen molar-refractivity contribution in [3.8, 4) is 0 Å². The molecule has 1 aromatic rings. The van der Waals surface area contributed by atoms with Gasteiger partial charge in [0.15, 0.2) is 0 Å². The molecule has 1 N–H and O–H groups in total. The fourth-order valence-corrected chi connectivity index (χ4v) is 3.23. The summed E-state index contributed by atoms with van der Waals surface area (Å²) in [6.45, 7) is 4.90. The minimum absolute atomic E-state index is 0.289. The summed E-state index contributed by atoms with van der Waals surface area (Å²) in [5.41, 5.74) is -0.271. The first kappa shape index (κ1) is 15.1. The topological polar surface area (TPSA) is 18.5 Å². The molecule has 2 heterocycles. The third-order valence-electron chi connectivity index (χ3n) is 4.20. The van der Waals surface area contributed by atoms with Crippen molar-refractivity contribution < 1.29 is 13.2 Å². The molecule has 3 rings (SSSR count). The molecule has 0 aromatic heterocycles. The van der Waals surface area contributed by atoms with Crippen molar-refractivity contribution in [2.45, 2.75) is 12.2 Å². The van der Waals surface area contributed by atoms with Gasteiger partial charge in [-0.15, -0.1) is 0 Å². The maximum absolute atomic E-state index is 13.2. The zero-order valence-electron chi connectivity index (χ0n) is 11.5. The minimum atomic E-state index is -4.33. The second-order valence-electron chi connectivity index (χ2n) is 5.49. The Bertz CT molecular complexity index is 509. The molecule has 2 aliphatic heterocycles. The van der Waals surface area contributed by atoms with Gasteiger partial charge in [-0.2, -0.15) is 13.2 Å². The normalized spacial score (nSPS) is 21.4. The Labute approximate surface area is 130 Å². The van der Waals surface area contributed by atoms with Crippen LogP contribution in [0.15, 0.2) is 22.7 Å². The highest BCUT2D eigenvalue weighted by molar-refractivity contribution is 9.10. The molecular weight excluding hydrogens is 347 g/mol. The Kier molecular flexibility index (Phi) is 4.16. The number of nitrogens with zero attached hydrogens (tertiary/aromatic N) is 2. The summed E-state index contributed by atoms with van der Waals surface area (Å²) >= 11 is 3.12. The third kappa shape index (κ3) is 3.19. The molecule has 0 amide bonds. The Hall–Kier alpha value is -0.790. The minimum Gasteiger partial charge on any atom is -0.368 e. The van der Waals surface area contributed by atoms with Gasteiger partial charge in [0.1, 0.15) is 0 Å². The first-order valence-corrected chi connectivity index (χ1v) is 7.81. The largest absolute Gasteiger partial charge is 0.418 e. The Morgan fingerprint density at radius 2 is 1.76 bits per heavy atom. The Morgan fingerprint density at radius 3 is 2.29 bits per heavy atom. The van der Waals surface area contributed by atoms with E-state index in [0.717, 1.165) is 32.2 Å². The molecule has 0 spiro atoms. The van der Waals surface area contributed by atoms with E-state index in [4.69, 9.17) is 0 Å². The zero-order chi connectivity index (χ0) is 15.0. The number of hydrogen-bond donors (Lipinski definition) is 1. The van der Waals surface area contributed by atoms with Crippen molar-refractivity contribution >= 4 is 21.6 Å². The van der Waals surface area contributed by atoms with Crippen LogP contribution in [0.1, 0.15) is 5.56 Å². The van der Waals surface area contributed by atoms with E-state index in [1.165, 1.54) is 0 Å². The van der Waals surface area contributed by atoms with Crippen LogP contribution in [-0.2, 0) is 6.18 Å². The molecule has 2 saturated heterocycles. The van der Waals surface area contributed by atoms with Gasteiger partial charge in [0.2, 0.25) is 0 Å². The highest BCUT2D eigenvalue weighted by atomic mass is 79.9. The van der Waals surface area contributed by atoms with Gasteiger partial charge in [-0.1, -0.05) is 15.9 Å². The summed E-state index contributed by atoms with van der Waals surface area (Å²) in [7, 11) is 0. The van der Waals surface area contributed by atoms with Crippen LogP contribution in [-0.4, -0.2) is 50.2 Å². The van der Waals surface area contributed by atoms with E-state index < -0.39 is 11.7 Å². The molecule has 7 heteroatoms. The van der Waals surface area contributed by atoms with Crippen molar-refractivity contribution in [2.24, 2.45) is 0 Å². The molecule has 0 bridgehead atoms. The fraction of sp³-hybridized carbons (Fsp3) is 0.571. The summed E-state index contributed by atoms with van der Waals surface area (Å²) in [5, 5.41) is 3.23. The highest BCUT2D eigenvalue weighted by Crippen LogP contribution is 2.38. The molecule has 21 heavy (non-hydrogen) atoms. The van der Waals surface area contributed by atoms with Crippen LogP contribution < -0.4 is 10.2 Å². The number of benzene rings is 1. The van der Waals surface area contributed by atoms with Crippen molar-refractivity contribution in [3.63, 3.8) is 0 Å². The van der Waals surface area contributed by atoms with Crippen LogP contribution in [0, 0.1) is 0 Å². The van der Waals surface area contributed by atoms with E-state index in [1.807, 2.05) is 4.90 Å². The lowest BCUT2D eigenvalue weighted by atomic mass is 10.1. The lowest BCUT2D eigenvalue weighted by Crippen LogP contribution is -2.61. The first-order valence-electron chi connectivity index (χ1n) is 7.01. The molecule has 0 atom stereocenters. The van der Waals surface area contributed by atoms with Crippen molar-refractivity contribution in [3.05, 3.63) is 28.2 Å². The van der Waals surface area contributed by atoms with Crippen molar-refractivity contribution in [1.82, 2.24) is 10.2 Å². The van der Waals surface area contributed by atoms with Gasteiger partial charge in [0.25, 0.3) is 0 Å². The van der Waals surface area contributed by atoms with Gasteiger partial charge in [-0.3, -0.25) is 4.90 Å². The van der Waals surface area contributed by atoms with Crippen LogP contribution in [0.5, 0.6) is 0 Å². The summed E-state index contributed by atoms with van der Waals surface area (Å²) in [4.78, 5) is 4.21. The van der Waals surface area contributed by atoms with Crippen LogP contribution >= 0.6 is 15.9 Å². The number of piperazine rings is 1. The molecule has 1 aromatic carbocycles. The molecular formula is C14H17BrF3N3. The number of anilines is 1. The number of hydrogen-bond acceptors (Lipinski definition) is 3. The van der Waals surface area contributed by atoms with E-state index in [-0.39, 0.29) is 5.69 Å². The van der Waals surface area contributed by atoms with E-state index in [0.29, 0.717) is 23.6 Å². The molecule has 3 nitrogen and oxygen atoms in total. The lowest BCUT2D eigenvalue weighted by Gasteiger charge is -2.44. The SMILES string of the molecule is FC(F)(F)c1cc(Br)ccc1N1CCN(C2CNC2)CC1. The monoisotopic (exact) mass is 363 g/mol. The van der Waals surface area contributed by atoms with Crippen molar-refractivity contribution in [1.29, 1.82) is 0 Å². The van der Waals surface area contributed by atoms with Crippen LogP contribution in [0.2, 0.25) is 0 Å². The number of halogens is 4. The predicted octanol–water partition coefficient (Wildman–Crippen LogP) is 2.56. The van der Waals surface area contributed by atoms with E-state index in [1.54, 1.807) is 12.1 Å². The summed E-state index contributed by atoms with van der Waals surface area (Å²) < 4.78 is 40.0. The highest BCUT2D eigenvalue weighted by Gasteiger charge is 2.36. The van der Waals surface area contributed by atoms with Crippen LogP contribution in [0.4, 0.5) is 18.9 Å². The van der Waals surface area contributed by atoms with Crippen LogP contribution in [0.25, 0.3) is 0 Å². The smallest absolute Gasteiger partial charge is 0.368 e. The summed E-state index contributed by atoms with van der Waals surface area (Å²) in [6, 6.07) is 4.96. The average Bonchev–Trinajstić information content (AvgIpc) is 2.37. The molecule has 2 aliphatic rings. The van der Waals surface area contributed by atoms with Gasteiger partial charge in [0.05, 0.1) is 5.56 Å². The number of alkyl halides is 3. The molecule has 116 valence electrons. The van der Waals surface area contributed by atoms with Crippen LogP contribution in [0.3, 0.4) is 0 Å². The number of nitrogens with one attached hydrogen (secondary N) is 1. The van der Waals surface area contributed by atoms with Gasteiger partial charge in [-0.25, -0.2) is 0 Å². The molecule has 0 aliphatic carbocycles. The van der Waals surface area contributed by atoms with Gasteiger partial charge < -0.3 is 10.2 Å². The van der Waals surface area contributed by atoms with Crippen molar-refractivity contribution in [2.75, 3.05) is 44.2 Å². The van der Waals surface area contributed by atoms with Gasteiger partial charge in [0, 0.05) is 55.5 Å². The molecule has 0 radical (unpaired) electrons. The lowest BCUT2D eigenvalue weighted by molar-refractivity contribution is -0.137. The maximum atomic E-state index is 13.2. The standard InChI is InChI=1S/C14H17BrF3N3/c15-10-1-2-13(12(7-10)14(16,17)18)21-5-3-20(4-6-21)11-8-19-9-11/h1-2,7,11,19H,3-6,8-9H2. The first-order chi connectivity index (χ1) is 9.95. The third-order valence-corrected chi connectivity index (χ3v) is 4.69. The van der Waals surface area contributed by atoms with Gasteiger partial charge in [-0.05, 0) is 18.2 Å². The summed E-state index contributed by atoms with van der Waals surface area (Å²) in [5.74, 6) is 0. The summed E-state index contributed by atoms with van der Waals surface area (Å²) in [6.07, 6.45) is -4.33. The Morgan fingerprint density at radius 1 is 1.10 bits per heavy atom. The predicted molar refractivity (Wildman–Crippen MR) is 79.6 cm³/mol. The molecule has 0 unspecified atom stereocenters. The van der Waals surface area contributed by atoms with Gasteiger partial charge >= 0.3 is 6.18 Å². The molecule has 0 saturated carbocycles. The maximum Gasteiger partial charge on any atom is 0.418 e. The number of rotatable bonds is 2. The second kappa shape index (κ2) is 5.78. The molecule has 2 fully saturated rings. The quantitative estimate of drug-likeness (QED) is 0.871. The van der Waals surface area contributed by atoms with E-state index in [9.17, 15) is 13.2 Å². The average molecular weight is 364 g/mol. The van der Waals surface area contributed by atoms with E-state index >= 15 is 0 Å². The second-order valence-corrected chi connectivity index (χ2v) is 6.41. The zero-order valence-corrected chi connectivity index (χ0v) is 13.0. The fourth-order valence-electron chi connectivity index (χ4n) is 2.87.